The zero-order valence-electron chi connectivity index (χ0n) is 12.4. The maximum atomic E-state index is 11.8. The molecule has 0 unspecified atom stereocenters. The molecule has 0 atom stereocenters. The maximum absolute atomic E-state index is 11.8. The van der Waals surface area contributed by atoms with E-state index in [4.69, 9.17) is 8.92 Å². The molecule has 0 aromatic heterocycles. The van der Waals surface area contributed by atoms with Crippen LogP contribution in [0.3, 0.4) is 0 Å². The fourth-order valence-electron chi connectivity index (χ4n) is 2.16. The monoisotopic (exact) mass is 293 g/mol. The van der Waals surface area contributed by atoms with E-state index in [9.17, 15) is 8.42 Å². The second-order valence-electron chi connectivity index (χ2n) is 6.02. The lowest BCUT2D eigenvalue weighted by Gasteiger charge is -2.26. The SMILES string of the molecule is COCC(C)(C)COS(=O)(=O)CCN1CCCCC1. The van der Waals surface area contributed by atoms with E-state index in [1.807, 2.05) is 13.8 Å². The van der Waals surface area contributed by atoms with E-state index in [2.05, 4.69) is 4.90 Å². The summed E-state index contributed by atoms with van der Waals surface area (Å²) in [5.74, 6) is 0.0794. The summed E-state index contributed by atoms with van der Waals surface area (Å²) in [6, 6.07) is 0. The van der Waals surface area contributed by atoms with Crippen molar-refractivity contribution >= 4 is 10.1 Å². The quantitative estimate of drug-likeness (QED) is 0.635. The summed E-state index contributed by atoms with van der Waals surface area (Å²) in [5.41, 5.74) is -0.285. The van der Waals surface area contributed by atoms with Crippen LogP contribution >= 0.6 is 0 Å². The highest BCUT2D eigenvalue weighted by Crippen LogP contribution is 2.17. The van der Waals surface area contributed by atoms with Crippen molar-refractivity contribution in [3.8, 4) is 0 Å². The number of ether oxygens (including phenoxy) is 1. The minimum absolute atomic E-state index is 0.0794. The van der Waals surface area contributed by atoms with Crippen LogP contribution in [0.2, 0.25) is 0 Å². The molecule has 1 saturated heterocycles. The van der Waals surface area contributed by atoms with Crippen LogP contribution in [0.1, 0.15) is 33.1 Å². The number of nitrogens with zero attached hydrogens (tertiary/aromatic N) is 1. The van der Waals surface area contributed by atoms with Crippen molar-refractivity contribution in [2.24, 2.45) is 5.41 Å². The van der Waals surface area contributed by atoms with Gasteiger partial charge in [-0.15, -0.1) is 0 Å². The first kappa shape index (κ1) is 16.9. The Morgan fingerprint density at radius 2 is 1.74 bits per heavy atom. The zero-order valence-corrected chi connectivity index (χ0v) is 13.2. The summed E-state index contributed by atoms with van der Waals surface area (Å²) < 4.78 is 33.8. The topological polar surface area (TPSA) is 55.8 Å². The summed E-state index contributed by atoms with van der Waals surface area (Å²) in [6.07, 6.45) is 3.59. The van der Waals surface area contributed by atoms with Gasteiger partial charge in [-0.1, -0.05) is 20.3 Å². The standard InChI is InChI=1S/C13H27NO4S/c1-13(2,11-17-3)12-18-19(15,16)10-9-14-7-5-4-6-8-14/h4-12H2,1-3H3. The second-order valence-corrected chi connectivity index (χ2v) is 7.78. The van der Waals surface area contributed by atoms with E-state index in [0.717, 1.165) is 13.1 Å². The fraction of sp³-hybridized carbons (Fsp3) is 1.00. The molecule has 114 valence electrons. The zero-order chi connectivity index (χ0) is 14.4. The fourth-order valence-corrected chi connectivity index (χ4v) is 3.26. The Hall–Kier alpha value is -0.170. The third-order valence-electron chi connectivity index (χ3n) is 3.27. The predicted molar refractivity (Wildman–Crippen MR) is 75.7 cm³/mol. The number of piperidine rings is 1. The lowest BCUT2D eigenvalue weighted by molar-refractivity contribution is 0.0664. The van der Waals surface area contributed by atoms with Crippen molar-refractivity contribution in [1.29, 1.82) is 0 Å². The van der Waals surface area contributed by atoms with Crippen molar-refractivity contribution in [1.82, 2.24) is 4.90 Å². The molecule has 0 N–H and O–H groups in total. The van der Waals surface area contributed by atoms with Crippen LogP contribution in [-0.2, 0) is 19.0 Å². The molecule has 0 aliphatic carbocycles. The minimum atomic E-state index is -3.43. The summed E-state index contributed by atoms with van der Waals surface area (Å²) in [7, 11) is -1.83. The summed E-state index contributed by atoms with van der Waals surface area (Å²) in [5, 5.41) is 0. The Kier molecular flexibility index (Phi) is 6.73. The highest BCUT2D eigenvalue weighted by molar-refractivity contribution is 7.86. The van der Waals surface area contributed by atoms with E-state index in [1.54, 1.807) is 7.11 Å². The number of hydrogen-bond acceptors (Lipinski definition) is 5. The van der Waals surface area contributed by atoms with Gasteiger partial charge in [-0.05, 0) is 25.9 Å². The van der Waals surface area contributed by atoms with Crippen LogP contribution in [-0.4, -0.2) is 59.0 Å². The van der Waals surface area contributed by atoms with Crippen LogP contribution in [0, 0.1) is 5.41 Å². The Bertz CT molecular complexity index is 348. The number of methoxy groups -OCH3 is 1. The van der Waals surface area contributed by atoms with Gasteiger partial charge in [0.2, 0.25) is 0 Å². The first-order valence-corrected chi connectivity index (χ1v) is 8.51. The summed E-state index contributed by atoms with van der Waals surface area (Å²) in [6.45, 7) is 7.09. The molecule has 1 rings (SSSR count). The predicted octanol–water partition coefficient (Wildman–Crippen LogP) is 1.49. The molecule has 1 heterocycles. The van der Waals surface area contributed by atoms with Gasteiger partial charge in [0, 0.05) is 19.1 Å². The average molecular weight is 293 g/mol. The molecule has 5 nitrogen and oxygen atoms in total. The van der Waals surface area contributed by atoms with Gasteiger partial charge in [-0.25, -0.2) is 0 Å². The molecule has 0 aromatic carbocycles. The highest BCUT2D eigenvalue weighted by Gasteiger charge is 2.23. The highest BCUT2D eigenvalue weighted by atomic mass is 32.2. The van der Waals surface area contributed by atoms with Crippen molar-refractivity contribution in [2.45, 2.75) is 33.1 Å². The lowest BCUT2D eigenvalue weighted by atomic mass is 9.97. The van der Waals surface area contributed by atoms with Crippen molar-refractivity contribution in [3.63, 3.8) is 0 Å². The third-order valence-corrected chi connectivity index (χ3v) is 4.43. The smallest absolute Gasteiger partial charge is 0.268 e. The van der Waals surface area contributed by atoms with Gasteiger partial charge in [-0.3, -0.25) is 4.18 Å². The summed E-state index contributed by atoms with van der Waals surface area (Å²) >= 11 is 0. The molecular formula is C13H27NO4S. The van der Waals surface area contributed by atoms with Crippen LogP contribution in [0.4, 0.5) is 0 Å². The molecule has 0 amide bonds. The Morgan fingerprint density at radius 3 is 2.32 bits per heavy atom. The van der Waals surface area contributed by atoms with Gasteiger partial charge in [-0.2, -0.15) is 8.42 Å². The number of rotatable bonds is 8. The number of likely N-dealkylation sites (tertiary alicyclic amines) is 1. The van der Waals surface area contributed by atoms with E-state index < -0.39 is 10.1 Å². The van der Waals surface area contributed by atoms with Crippen molar-refractivity contribution < 1.29 is 17.3 Å². The van der Waals surface area contributed by atoms with E-state index in [1.165, 1.54) is 19.3 Å². The van der Waals surface area contributed by atoms with Gasteiger partial charge in [0.25, 0.3) is 10.1 Å². The molecule has 0 bridgehead atoms. The van der Waals surface area contributed by atoms with Crippen molar-refractivity contribution in [2.75, 3.05) is 45.7 Å². The lowest BCUT2D eigenvalue weighted by Crippen LogP contribution is -2.35. The van der Waals surface area contributed by atoms with E-state index in [0.29, 0.717) is 13.2 Å². The molecular weight excluding hydrogens is 266 g/mol. The first-order valence-electron chi connectivity index (χ1n) is 6.93. The molecule has 1 aliphatic heterocycles. The largest absolute Gasteiger partial charge is 0.384 e. The summed E-state index contributed by atoms with van der Waals surface area (Å²) in [4.78, 5) is 2.20. The molecule has 0 aromatic rings. The Labute approximate surface area is 117 Å². The van der Waals surface area contributed by atoms with Crippen LogP contribution in [0.15, 0.2) is 0 Å². The molecule has 19 heavy (non-hydrogen) atoms. The van der Waals surface area contributed by atoms with E-state index in [-0.39, 0.29) is 17.8 Å². The maximum Gasteiger partial charge on any atom is 0.268 e. The minimum Gasteiger partial charge on any atom is -0.384 e. The van der Waals surface area contributed by atoms with Crippen LogP contribution in [0.5, 0.6) is 0 Å². The number of hydrogen-bond donors (Lipinski definition) is 0. The Morgan fingerprint density at radius 1 is 1.11 bits per heavy atom. The van der Waals surface area contributed by atoms with Crippen LogP contribution < -0.4 is 0 Å². The van der Waals surface area contributed by atoms with Crippen molar-refractivity contribution in [3.05, 3.63) is 0 Å². The Balaban J connectivity index is 2.31. The molecule has 0 saturated carbocycles. The van der Waals surface area contributed by atoms with Crippen LogP contribution in [0.25, 0.3) is 0 Å². The molecule has 0 spiro atoms. The van der Waals surface area contributed by atoms with Gasteiger partial charge < -0.3 is 9.64 Å². The van der Waals surface area contributed by atoms with Gasteiger partial charge in [0.05, 0.1) is 19.0 Å². The molecule has 6 heteroatoms. The second kappa shape index (κ2) is 7.57. The van der Waals surface area contributed by atoms with Gasteiger partial charge in [0.15, 0.2) is 0 Å². The van der Waals surface area contributed by atoms with E-state index >= 15 is 0 Å². The molecule has 0 radical (unpaired) electrons. The third kappa shape index (κ3) is 7.25. The van der Waals surface area contributed by atoms with Gasteiger partial charge >= 0.3 is 0 Å². The first-order chi connectivity index (χ1) is 8.85. The van der Waals surface area contributed by atoms with Gasteiger partial charge in [0.1, 0.15) is 0 Å². The molecule has 1 aliphatic rings. The normalized spacial score (nSPS) is 18.7. The molecule has 1 fully saturated rings. The average Bonchev–Trinajstić information content (AvgIpc) is 2.36.